The second-order valence-corrected chi connectivity index (χ2v) is 12.0. The van der Waals surface area contributed by atoms with Gasteiger partial charge in [0.1, 0.15) is 11.5 Å². The molecule has 1 atom stereocenters. The van der Waals surface area contributed by atoms with E-state index >= 15 is 0 Å². The monoisotopic (exact) mass is 626 g/mol. The van der Waals surface area contributed by atoms with Crippen LogP contribution in [0.3, 0.4) is 0 Å². The Bertz CT molecular complexity index is 1820. The minimum absolute atomic E-state index is 0.0122. The van der Waals surface area contributed by atoms with Crippen LogP contribution in [0.2, 0.25) is 0 Å². The van der Waals surface area contributed by atoms with Crippen molar-refractivity contribution < 1.29 is 9.47 Å². The molecule has 0 bridgehead atoms. The van der Waals surface area contributed by atoms with Gasteiger partial charge in [0, 0.05) is 4.47 Å². The smallest absolute Gasteiger partial charge is 0.271 e. The van der Waals surface area contributed by atoms with Gasteiger partial charge in [-0.15, -0.1) is 0 Å². The summed E-state index contributed by atoms with van der Waals surface area (Å²) in [6.45, 7) is 5.23. The molecule has 1 aromatic heterocycles. The van der Waals surface area contributed by atoms with Crippen molar-refractivity contribution in [2.75, 3.05) is 13.2 Å². The number of rotatable bonds is 7. The van der Waals surface area contributed by atoms with Crippen molar-refractivity contribution in [3.63, 3.8) is 0 Å². The Morgan fingerprint density at radius 3 is 2.32 bits per heavy atom. The van der Waals surface area contributed by atoms with Gasteiger partial charge in [-0.3, -0.25) is 9.36 Å². The number of hydrogen-bond acceptors (Lipinski definition) is 5. The summed E-state index contributed by atoms with van der Waals surface area (Å²) in [6.07, 6.45) is 7.04. The highest BCUT2D eigenvalue weighted by atomic mass is 79.9. The number of allylic oxidation sites excluding steroid dienone is 2. The van der Waals surface area contributed by atoms with Gasteiger partial charge in [-0.1, -0.05) is 63.7 Å². The van der Waals surface area contributed by atoms with E-state index in [1.807, 2.05) is 73.0 Å². The summed E-state index contributed by atoms with van der Waals surface area (Å²) in [5.74, 6) is 1.69. The van der Waals surface area contributed by atoms with E-state index in [4.69, 9.17) is 14.5 Å². The number of thiazole rings is 1. The summed E-state index contributed by atoms with van der Waals surface area (Å²) in [6, 6.07) is 24.1. The molecule has 0 fully saturated rings. The van der Waals surface area contributed by atoms with Gasteiger partial charge in [-0.25, -0.2) is 4.99 Å². The van der Waals surface area contributed by atoms with Crippen molar-refractivity contribution in [1.29, 1.82) is 0 Å². The highest BCUT2D eigenvalue weighted by Crippen LogP contribution is 2.41. The van der Waals surface area contributed by atoms with Gasteiger partial charge in [0.2, 0.25) is 0 Å². The van der Waals surface area contributed by atoms with E-state index in [1.54, 1.807) is 0 Å². The van der Waals surface area contributed by atoms with Gasteiger partial charge in [0.05, 0.1) is 29.5 Å². The van der Waals surface area contributed by atoms with Gasteiger partial charge in [-0.05, 0) is 109 Å². The largest absolute Gasteiger partial charge is 0.494 e. The summed E-state index contributed by atoms with van der Waals surface area (Å²) in [7, 11) is 0. The highest BCUT2D eigenvalue weighted by molar-refractivity contribution is 9.10. The van der Waals surface area contributed by atoms with Crippen LogP contribution in [0, 0.1) is 0 Å². The Morgan fingerprint density at radius 1 is 0.927 bits per heavy atom. The molecule has 1 unspecified atom stereocenters. The van der Waals surface area contributed by atoms with Gasteiger partial charge in [-0.2, -0.15) is 0 Å². The molecular weight excluding hydrogens is 596 g/mol. The molecular formula is C34H31BrN2O3S. The second kappa shape index (κ2) is 12.0. The first-order valence-electron chi connectivity index (χ1n) is 14.0. The molecule has 1 aliphatic carbocycles. The van der Waals surface area contributed by atoms with E-state index in [9.17, 15) is 4.79 Å². The lowest BCUT2D eigenvalue weighted by Gasteiger charge is -2.31. The average Bonchev–Trinajstić information content (AvgIpc) is 3.28. The highest BCUT2D eigenvalue weighted by Gasteiger charge is 2.32. The average molecular weight is 628 g/mol. The van der Waals surface area contributed by atoms with E-state index in [1.165, 1.54) is 22.5 Å². The number of aromatic nitrogens is 1. The zero-order valence-electron chi connectivity index (χ0n) is 23.1. The molecule has 0 saturated heterocycles. The van der Waals surface area contributed by atoms with Crippen molar-refractivity contribution in [2.45, 2.75) is 39.2 Å². The third-order valence-electron chi connectivity index (χ3n) is 7.32. The first kappa shape index (κ1) is 27.5. The lowest BCUT2D eigenvalue weighted by atomic mass is 9.84. The zero-order valence-corrected chi connectivity index (χ0v) is 25.5. The predicted molar refractivity (Wildman–Crippen MR) is 169 cm³/mol. The molecule has 41 heavy (non-hydrogen) atoms. The van der Waals surface area contributed by atoms with Gasteiger partial charge in [0.15, 0.2) is 4.80 Å². The van der Waals surface area contributed by atoms with Crippen LogP contribution >= 0.6 is 27.3 Å². The number of halogens is 1. The van der Waals surface area contributed by atoms with Gasteiger partial charge >= 0.3 is 0 Å². The van der Waals surface area contributed by atoms with E-state index in [-0.39, 0.29) is 11.6 Å². The standard InChI is InChI=1S/C34H31BrN2O3S/c1-3-39-27-15-11-22(12-16-27)19-25-8-6-10-29-31(25)36-34-37(32(29)24-13-17-28(18-14-24)40-4-2)33(38)30(41-34)21-23-7-5-9-26(35)20-23/h5,7,9,11-21,32H,3-4,6,8,10H2,1-2H3/b25-19+,30-21-. The number of hydrogen-bond donors (Lipinski definition) is 0. The van der Waals surface area contributed by atoms with E-state index in [0.29, 0.717) is 17.7 Å². The maximum Gasteiger partial charge on any atom is 0.271 e. The molecule has 2 aliphatic rings. The van der Waals surface area contributed by atoms with E-state index in [2.05, 4.69) is 46.3 Å². The summed E-state index contributed by atoms with van der Waals surface area (Å²) < 4.78 is 14.9. The zero-order chi connectivity index (χ0) is 28.3. The first-order chi connectivity index (χ1) is 20.0. The Morgan fingerprint density at radius 2 is 1.63 bits per heavy atom. The molecule has 3 aromatic carbocycles. The molecule has 208 valence electrons. The van der Waals surface area contributed by atoms with Crippen LogP contribution < -0.4 is 24.4 Å². The first-order valence-corrected chi connectivity index (χ1v) is 15.6. The molecule has 5 nitrogen and oxygen atoms in total. The molecule has 0 radical (unpaired) electrons. The van der Waals surface area contributed by atoms with Crippen molar-refractivity contribution in [3.05, 3.63) is 130 Å². The van der Waals surface area contributed by atoms with E-state index in [0.717, 1.165) is 62.4 Å². The maximum atomic E-state index is 14.0. The van der Waals surface area contributed by atoms with Crippen LogP contribution in [0.1, 0.15) is 55.8 Å². The fourth-order valence-electron chi connectivity index (χ4n) is 5.55. The molecule has 2 heterocycles. The number of fused-ring (bicyclic) bond motifs is 1. The number of nitrogens with zero attached hydrogens (tertiary/aromatic N) is 2. The third-order valence-corrected chi connectivity index (χ3v) is 8.79. The van der Waals surface area contributed by atoms with Crippen LogP contribution in [0.4, 0.5) is 0 Å². The summed E-state index contributed by atoms with van der Waals surface area (Å²) in [5, 5.41) is 0. The van der Waals surface area contributed by atoms with E-state index < -0.39 is 0 Å². The van der Waals surface area contributed by atoms with Crippen LogP contribution in [-0.4, -0.2) is 17.8 Å². The molecule has 4 aromatic rings. The second-order valence-electron chi connectivity index (χ2n) is 10.0. The topological polar surface area (TPSA) is 52.8 Å². The minimum Gasteiger partial charge on any atom is -0.494 e. The third kappa shape index (κ3) is 5.74. The Kier molecular flexibility index (Phi) is 8.08. The van der Waals surface area contributed by atoms with Crippen LogP contribution in [0.25, 0.3) is 12.2 Å². The normalized spacial score (nSPS) is 17.7. The lowest BCUT2D eigenvalue weighted by Crippen LogP contribution is -2.39. The molecule has 0 spiro atoms. The fourth-order valence-corrected chi connectivity index (χ4v) is 6.96. The number of ether oxygens (including phenoxy) is 2. The van der Waals surface area contributed by atoms with Crippen LogP contribution in [-0.2, 0) is 0 Å². The maximum absolute atomic E-state index is 14.0. The SMILES string of the molecule is CCOc1ccc(/C=C2\CCCC3=C2N=c2s/c(=C\c4cccc(Br)c4)c(=O)n2C3c2ccc(OCC)cc2)cc1. The Hall–Kier alpha value is -3.68. The molecule has 6 rings (SSSR count). The predicted octanol–water partition coefficient (Wildman–Crippen LogP) is 7.04. The summed E-state index contributed by atoms with van der Waals surface area (Å²) in [5.41, 5.74) is 6.55. The van der Waals surface area contributed by atoms with Gasteiger partial charge < -0.3 is 9.47 Å². The summed E-state index contributed by atoms with van der Waals surface area (Å²) in [4.78, 5) is 19.9. The molecule has 0 N–H and O–H groups in total. The van der Waals surface area contributed by atoms with Crippen molar-refractivity contribution in [1.82, 2.24) is 4.57 Å². The van der Waals surface area contributed by atoms with Crippen molar-refractivity contribution in [2.24, 2.45) is 4.99 Å². The summed E-state index contributed by atoms with van der Waals surface area (Å²) >= 11 is 5.00. The molecule has 0 amide bonds. The van der Waals surface area contributed by atoms with Crippen LogP contribution in [0.5, 0.6) is 11.5 Å². The Labute approximate surface area is 251 Å². The van der Waals surface area contributed by atoms with Crippen LogP contribution in [0.15, 0.2) is 104 Å². The number of benzene rings is 3. The Balaban J connectivity index is 1.51. The lowest BCUT2D eigenvalue weighted by molar-refractivity contribution is 0.340. The molecule has 0 saturated carbocycles. The van der Waals surface area contributed by atoms with Crippen molar-refractivity contribution >= 4 is 39.4 Å². The molecule has 1 aliphatic heterocycles. The molecule has 7 heteroatoms. The van der Waals surface area contributed by atoms with Gasteiger partial charge in [0.25, 0.3) is 5.56 Å². The van der Waals surface area contributed by atoms with Crippen molar-refractivity contribution in [3.8, 4) is 11.5 Å². The minimum atomic E-state index is -0.217. The quantitative estimate of drug-likeness (QED) is 0.221. The fraction of sp³-hybridized carbons (Fsp3) is 0.235.